The van der Waals surface area contributed by atoms with Crippen LogP contribution >= 0.6 is 0 Å². The van der Waals surface area contributed by atoms with Crippen molar-refractivity contribution in [3.8, 4) is 5.75 Å². The van der Waals surface area contributed by atoms with E-state index in [1.807, 2.05) is 6.92 Å². The number of benzene rings is 1. The van der Waals surface area contributed by atoms with Gasteiger partial charge in [0.1, 0.15) is 11.6 Å². The van der Waals surface area contributed by atoms with Gasteiger partial charge in [-0.05, 0) is 31.9 Å². The molecule has 1 fully saturated rings. The molecule has 0 aromatic heterocycles. The Bertz CT molecular complexity index is 490. The van der Waals surface area contributed by atoms with Crippen molar-refractivity contribution in [2.24, 2.45) is 0 Å². The third-order valence-corrected chi connectivity index (χ3v) is 3.52. The first-order valence-corrected chi connectivity index (χ1v) is 7.15. The number of urea groups is 1. The summed E-state index contributed by atoms with van der Waals surface area (Å²) in [6, 6.07) is 3.78. The number of hydrogen-bond donors (Lipinski definition) is 1. The number of nitrogens with one attached hydrogen (secondary N) is 1. The van der Waals surface area contributed by atoms with Crippen LogP contribution in [0.15, 0.2) is 18.2 Å². The summed E-state index contributed by atoms with van der Waals surface area (Å²) in [6.45, 7) is 3.81. The first-order valence-electron chi connectivity index (χ1n) is 7.15. The van der Waals surface area contributed by atoms with Gasteiger partial charge in [-0.1, -0.05) is 0 Å². The number of methoxy groups -OCH3 is 1. The molecule has 0 bridgehead atoms. The first-order chi connectivity index (χ1) is 10.1. The van der Waals surface area contributed by atoms with Crippen LogP contribution < -0.4 is 10.1 Å². The van der Waals surface area contributed by atoms with E-state index in [1.54, 1.807) is 4.90 Å². The van der Waals surface area contributed by atoms with Crippen LogP contribution in [0.25, 0.3) is 0 Å². The van der Waals surface area contributed by atoms with Gasteiger partial charge in [0.2, 0.25) is 0 Å². The average Bonchev–Trinajstić information content (AvgIpc) is 2.99. The molecule has 2 rings (SSSR count). The lowest BCUT2D eigenvalue weighted by molar-refractivity contribution is 0.0849. The molecular formula is C15H21FN2O3. The largest absolute Gasteiger partial charge is 0.494 e. The van der Waals surface area contributed by atoms with E-state index in [-0.39, 0.29) is 12.1 Å². The van der Waals surface area contributed by atoms with E-state index >= 15 is 0 Å². The predicted molar refractivity (Wildman–Crippen MR) is 78.2 cm³/mol. The molecule has 0 aliphatic carbocycles. The van der Waals surface area contributed by atoms with Gasteiger partial charge in [-0.25, -0.2) is 9.18 Å². The highest BCUT2D eigenvalue weighted by Gasteiger charge is 2.22. The molecule has 1 aliphatic rings. The minimum atomic E-state index is -0.406. The van der Waals surface area contributed by atoms with Crippen molar-refractivity contribution in [2.75, 3.05) is 32.1 Å². The second-order valence-electron chi connectivity index (χ2n) is 4.95. The molecule has 1 aromatic carbocycles. The maximum absolute atomic E-state index is 13.1. The molecule has 0 radical (unpaired) electrons. The molecule has 0 unspecified atom stereocenters. The number of nitrogens with zero attached hydrogens (tertiary/aromatic N) is 1. The van der Waals surface area contributed by atoms with Gasteiger partial charge in [-0.2, -0.15) is 0 Å². The molecule has 5 nitrogen and oxygen atoms in total. The molecule has 0 spiro atoms. The number of hydrogen-bond acceptors (Lipinski definition) is 3. The van der Waals surface area contributed by atoms with Crippen LogP contribution in [0.3, 0.4) is 0 Å². The number of likely N-dealkylation sites (N-methyl/N-ethyl adjacent to an activating group) is 1. The van der Waals surface area contributed by atoms with Crippen molar-refractivity contribution in [3.63, 3.8) is 0 Å². The Balaban J connectivity index is 2.01. The summed E-state index contributed by atoms with van der Waals surface area (Å²) in [5.41, 5.74) is 0.453. The van der Waals surface area contributed by atoms with Crippen molar-refractivity contribution in [3.05, 3.63) is 24.0 Å². The molecule has 21 heavy (non-hydrogen) atoms. The van der Waals surface area contributed by atoms with Crippen LogP contribution in [0.1, 0.15) is 19.8 Å². The van der Waals surface area contributed by atoms with Crippen LogP contribution in [-0.2, 0) is 4.74 Å². The summed E-state index contributed by atoms with van der Waals surface area (Å²) in [5, 5.41) is 2.75. The molecule has 0 saturated carbocycles. The van der Waals surface area contributed by atoms with E-state index in [1.165, 1.54) is 25.3 Å². The van der Waals surface area contributed by atoms with Crippen LogP contribution in [0.4, 0.5) is 14.9 Å². The van der Waals surface area contributed by atoms with Crippen LogP contribution in [0, 0.1) is 5.82 Å². The zero-order valence-electron chi connectivity index (χ0n) is 12.4. The van der Waals surface area contributed by atoms with Gasteiger partial charge in [0.05, 0.1) is 18.9 Å². The number of rotatable bonds is 5. The van der Waals surface area contributed by atoms with E-state index in [4.69, 9.17) is 9.47 Å². The summed E-state index contributed by atoms with van der Waals surface area (Å²) in [5.74, 6) is -0.104. The summed E-state index contributed by atoms with van der Waals surface area (Å²) in [4.78, 5) is 14.0. The van der Waals surface area contributed by atoms with Gasteiger partial charge < -0.3 is 19.7 Å². The highest BCUT2D eigenvalue weighted by atomic mass is 19.1. The van der Waals surface area contributed by atoms with E-state index in [9.17, 15) is 9.18 Å². The highest BCUT2D eigenvalue weighted by Crippen LogP contribution is 2.25. The monoisotopic (exact) mass is 296 g/mol. The van der Waals surface area contributed by atoms with Crippen molar-refractivity contribution in [2.45, 2.75) is 25.9 Å². The Kier molecular flexibility index (Phi) is 5.38. The third kappa shape index (κ3) is 4.07. The number of anilines is 1. The Hall–Kier alpha value is -1.82. The fourth-order valence-corrected chi connectivity index (χ4v) is 2.35. The summed E-state index contributed by atoms with van der Waals surface area (Å²) in [6.07, 6.45) is 2.12. The third-order valence-electron chi connectivity index (χ3n) is 3.52. The Morgan fingerprint density at radius 1 is 1.57 bits per heavy atom. The fraction of sp³-hybridized carbons (Fsp3) is 0.533. The molecule has 1 N–H and O–H groups in total. The Morgan fingerprint density at radius 2 is 2.38 bits per heavy atom. The van der Waals surface area contributed by atoms with Gasteiger partial charge >= 0.3 is 6.03 Å². The summed E-state index contributed by atoms with van der Waals surface area (Å²) in [7, 11) is 1.44. The van der Waals surface area contributed by atoms with Gasteiger partial charge in [-0.15, -0.1) is 0 Å². The maximum Gasteiger partial charge on any atom is 0.322 e. The Morgan fingerprint density at radius 3 is 3.00 bits per heavy atom. The molecule has 1 heterocycles. The molecule has 2 amide bonds. The Labute approximate surface area is 124 Å². The number of carbonyl (C=O) groups excluding carboxylic acids is 1. The lowest BCUT2D eigenvalue weighted by Gasteiger charge is -2.24. The number of halogens is 1. The SMILES string of the molecule is CCN(C[C@@H]1CCCO1)C(=O)Nc1ccc(F)cc1OC. The molecule has 1 aliphatic heterocycles. The molecule has 6 heteroatoms. The van der Waals surface area contributed by atoms with E-state index in [0.29, 0.717) is 24.5 Å². The predicted octanol–water partition coefficient (Wildman–Crippen LogP) is 2.87. The van der Waals surface area contributed by atoms with E-state index in [2.05, 4.69) is 5.32 Å². The van der Waals surface area contributed by atoms with Crippen molar-refractivity contribution >= 4 is 11.7 Å². The van der Waals surface area contributed by atoms with Gasteiger partial charge in [0.25, 0.3) is 0 Å². The quantitative estimate of drug-likeness (QED) is 0.909. The summed E-state index contributed by atoms with van der Waals surface area (Å²) >= 11 is 0. The second-order valence-corrected chi connectivity index (χ2v) is 4.95. The molecule has 1 saturated heterocycles. The molecular weight excluding hydrogens is 275 g/mol. The lowest BCUT2D eigenvalue weighted by atomic mass is 10.2. The van der Waals surface area contributed by atoms with Crippen molar-refractivity contribution in [1.29, 1.82) is 0 Å². The second kappa shape index (κ2) is 7.26. The van der Waals surface area contributed by atoms with Gasteiger partial charge in [0, 0.05) is 25.8 Å². The molecule has 1 aromatic rings. The average molecular weight is 296 g/mol. The van der Waals surface area contributed by atoms with Gasteiger partial charge in [0.15, 0.2) is 0 Å². The number of ether oxygens (including phenoxy) is 2. The fourth-order valence-electron chi connectivity index (χ4n) is 2.35. The van der Waals surface area contributed by atoms with Crippen LogP contribution in [0.5, 0.6) is 5.75 Å². The number of amides is 2. The molecule has 1 atom stereocenters. The van der Waals surface area contributed by atoms with Crippen molar-refractivity contribution in [1.82, 2.24) is 4.90 Å². The molecule has 116 valence electrons. The smallest absolute Gasteiger partial charge is 0.322 e. The minimum absolute atomic E-state index is 0.103. The van der Waals surface area contributed by atoms with Crippen molar-refractivity contribution < 1.29 is 18.7 Å². The maximum atomic E-state index is 13.1. The van der Waals surface area contributed by atoms with Gasteiger partial charge in [-0.3, -0.25) is 0 Å². The van der Waals surface area contributed by atoms with Crippen LogP contribution in [0.2, 0.25) is 0 Å². The first kappa shape index (κ1) is 15.6. The standard InChI is InChI=1S/C15H21FN2O3/c1-3-18(10-12-5-4-8-21-12)15(19)17-13-7-6-11(16)9-14(13)20-2/h6-7,9,12H,3-5,8,10H2,1-2H3,(H,17,19)/t12-/m0/s1. The summed E-state index contributed by atoms with van der Waals surface area (Å²) < 4.78 is 23.8. The topological polar surface area (TPSA) is 50.8 Å². The van der Waals surface area contributed by atoms with E-state index < -0.39 is 5.82 Å². The normalized spacial score (nSPS) is 17.6. The van der Waals surface area contributed by atoms with E-state index in [0.717, 1.165) is 19.4 Å². The lowest BCUT2D eigenvalue weighted by Crippen LogP contribution is -2.40. The zero-order chi connectivity index (χ0) is 15.2. The minimum Gasteiger partial charge on any atom is -0.494 e. The number of carbonyl (C=O) groups is 1. The highest BCUT2D eigenvalue weighted by molar-refractivity contribution is 5.91. The zero-order valence-corrected chi connectivity index (χ0v) is 12.4. The van der Waals surface area contributed by atoms with Crippen LogP contribution in [-0.4, -0.2) is 43.8 Å².